The molecule has 0 saturated heterocycles. The zero-order valence-corrected chi connectivity index (χ0v) is 13.2. The van der Waals surface area contributed by atoms with Crippen molar-refractivity contribution in [3.05, 3.63) is 70.8 Å². The molecular weight excluding hydrogens is 359 g/mol. The summed E-state index contributed by atoms with van der Waals surface area (Å²) in [5, 5.41) is 10.7. The Balaban J connectivity index is 2.35. The summed E-state index contributed by atoms with van der Waals surface area (Å²) in [4.78, 5) is 23.3. The van der Waals surface area contributed by atoms with Gasteiger partial charge >= 0.3 is 12.1 Å². The number of nitrogens with one attached hydrogen (secondary N) is 1. The van der Waals surface area contributed by atoms with Gasteiger partial charge in [-0.3, -0.25) is 4.79 Å². The minimum absolute atomic E-state index is 0.158. The van der Waals surface area contributed by atoms with E-state index in [0.717, 1.165) is 6.07 Å². The van der Waals surface area contributed by atoms with Gasteiger partial charge in [-0.2, -0.15) is 13.2 Å². The van der Waals surface area contributed by atoms with Gasteiger partial charge in [-0.15, -0.1) is 0 Å². The molecule has 0 atom stereocenters. The highest BCUT2D eigenvalue weighted by Crippen LogP contribution is 2.36. The molecule has 2 aromatic rings. The van der Waals surface area contributed by atoms with E-state index in [1.165, 1.54) is 18.2 Å². The van der Waals surface area contributed by atoms with Crippen LogP contribution in [0.25, 0.3) is 5.57 Å². The van der Waals surface area contributed by atoms with Gasteiger partial charge in [-0.05, 0) is 23.8 Å². The molecule has 0 spiro atoms. The van der Waals surface area contributed by atoms with Gasteiger partial charge in [0.05, 0.1) is 16.2 Å². The van der Waals surface area contributed by atoms with E-state index in [9.17, 15) is 22.8 Å². The number of benzene rings is 2. The number of carbonyl (C=O) groups excluding carboxylic acids is 1. The van der Waals surface area contributed by atoms with Gasteiger partial charge < -0.3 is 10.4 Å². The first-order valence-corrected chi connectivity index (χ1v) is 7.24. The Morgan fingerprint density at radius 1 is 1.08 bits per heavy atom. The predicted octanol–water partition coefficient (Wildman–Crippen LogP) is 4.47. The molecule has 0 aromatic heterocycles. The molecule has 2 N–H and O–H groups in total. The molecule has 8 heteroatoms. The van der Waals surface area contributed by atoms with Crippen molar-refractivity contribution in [2.75, 3.05) is 5.32 Å². The van der Waals surface area contributed by atoms with Crippen molar-refractivity contribution in [1.29, 1.82) is 0 Å². The van der Waals surface area contributed by atoms with E-state index >= 15 is 0 Å². The summed E-state index contributed by atoms with van der Waals surface area (Å²) >= 11 is 5.52. The highest BCUT2D eigenvalue weighted by molar-refractivity contribution is 6.31. The second-order valence-electron chi connectivity index (χ2n) is 4.91. The number of alkyl halides is 3. The summed E-state index contributed by atoms with van der Waals surface area (Å²) in [6.45, 7) is 0. The smallest absolute Gasteiger partial charge is 0.417 e. The van der Waals surface area contributed by atoms with Gasteiger partial charge in [0.25, 0.3) is 5.91 Å². The number of hydrogen-bond donors (Lipinski definition) is 2. The molecule has 25 heavy (non-hydrogen) atoms. The largest absolute Gasteiger partial charge is 0.478 e. The van der Waals surface area contributed by atoms with Crippen LogP contribution in [0.1, 0.15) is 11.1 Å². The second-order valence-corrected chi connectivity index (χ2v) is 5.32. The number of hydrogen-bond acceptors (Lipinski definition) is 2. The summed E-state index contributed by atoms with van der Waals surface area (Å²) in [6, 6.07) is 10.8. The number of amides is 1. The average molecular weight is 370 g/mol. The summed E-state index contributed by atoms with van der Waals surface area (Å²) < 4.78 is 38.6. The Morgan fingerprint density at radius 2 is 1.72 bits per heavy atom. The van der Waals surface area contributed by atoms with Crippen molar-refractivity contribution >= 4 is 34.7 Å². The van der Waals surface area contributed by atoms with Crippen LogP contribution in [0, 0.1) is 0 Å². The van der Waals surface area contributed by atoms with Crippen molar-refractivity contribution in [2.45, 2.75) is 6.18 Å². The van der Waals surface area contributed by atoms with E-state index < -0.39 is 28.6 Å². The third-order valence-corrected chi connectivity index (χ3v) is 3.46. The van der Waals surface area contributed by atoms with Gasteiger partial charge in [0, 0.05) is 11.8 Å². The van der Waals surface area contributed by atoms with E-state index in [1.807, 2.05) is 0 Å². The molecule has 0 heterocycles. The zero-order chi connectivity index (χ0) is 18.6. The van der Waals surface area contributed by atoms with Gasteiger partial charge in [-0.1, -0.05) is 41.9 Å². The number of carboxylic acid groups (broad SMARTS) is 1. The SMILES string of the molecule is O=C(O)/C=C(\C(=O)Nc1ccc(Cl)c(C(F)(F)F)c1)c1ccccc1. The molecule has 0 unspecified atom stereocenters. The average Bonchev–Trinajstić information content (AvgIpc) is 2.54. The van der Waals surface area contributed by atoms with Crippen molar-refractivity contribution in [3.63, 3.8) is 0 Å². The summed E-state index contributed by atoms with van der Waals surface area (Å²) in [5.74, 6) is -2.22. The molecule has 0 aliphatic heterocycles. The monoisotopic (exact) mass is 369 g/mol. The minimum Gasteiger partial charge on any atom is -0.478 e. The van der Waals surface area contributed by atoms with Crippen molar-refractivity contribution in [3.8, 4) is 0 Å². The van der Waals surface area contributed by atoms with E-state index in [2.05, 4.69) is 5.32 Å². The topological polar surface area (TPSA) is 66.4 Å². The molecule has 0 saturated carbocycles. The molecular formula is C17H11ClF3NO3. The molecule has 0 radical (unpaired) electrons. The van der Waals surface area contributed by atoms with Crippen LogP contribution in [-0.2, 0) is 15.8 Å². The molecule has 0 aliphatic rings. The maximum Gasteiger partial charge on any atom is 0.417 e. The maximum atomic E-state index is 12.9. The number of carbonyl (C=O) groups is 2. The van der Waals surface area contributed by atoms with Crippen LogP contribution in [0.5, 0.6) is 0 Å². The normalized spacial score (nSPS) is 11.9. The maximum absolute atomic E-state index is 12.9. The first-order chi connectivity index (χ1) is 11.7. The molecule has 130 valence electrons. The van der Waals surface area contributed by atoms with Crippen molar-refractivity contribution < 1.29 is 27.9 Å². The van der Waals surface area contributed by atoms with Crippen LogP contribution in [0.2, 0.25) is 5.02 Å². The quantitative estimate of drug-likeness (QED) is 0.782. The molecule has 0 aliphatic carbocycles. The van der Waals surface area contributed by atoms with Crippen LogP contribution in [0.4, 0.5) is 18.9 Å². The predicted molar refractivity (Wildman–Crippen MR) is 87.1 cm³/mol. The Bertz CT molecular complexity index is 833. The number of halogens is 4. The molecule has 2 rings (SSSR count). The lowest BCUT2D eigenvalue weighted by molar-refractivity contribution is -0.137. The van der Waals surface area contributed by atoms with Gasteiger partial charge in [0.15, 0.2) is 0 Å². The lowest BCUT2D eigenvalue weighted by Gasteiger charge is -2.13. The molecule has 1 amide bonds. The lowest BCUT2D eigenvalue weighted by atomic mass is 10.0. The highest BCUT2D eigenvalue weighted by atomic mass is 35.5. The number of carboxylic acids is 1. The Kier molecular flexibility index (Phi) is 5.48. The van der Waals surface area contributed by atoms with E-state index in [1.54, 1.807) is 18.2 Å². The minimum atomic E-state index is -4.68. The zero-order valence-electron chi connectivity index (χ0n) is 12.5. The fourth-order valence-electron chi connectivity index (χ4n) is 2.04. The summed E-state index contributed by atoms with van der Waals surface area (Å²) in [6.07, 6.45) is -4.00. The Morgan fingerprint density at radius 3 is 2.28 bits per heavy atom. The Hall–Kier alpha value is -2.80. The van der Waals surface area contributed by atoms with Gasteiger partial charge in [0.1, 0.15) is 0 Å². The summed E-state index contributed by atoms with van der Waals surface area (Å²) in [5.41, 5.74) is -1.14. The fraction of sp³-hybridized carbons (Fsp3) is 0.0588. The number of rotatable bonds is 4. The Labute approximate surface area is 145 Å². The second kappa shape index (κ2) is 7.40. The number of anilines is 1. The van der Waals surface area contributed by atoms with Crippen LogP contribution in [-0.4, -0.2) is 17.0 Å². The van der Waals surface area contributed by atoms with Crippen LogP contribution < -0.4 is 5.32 Å². The highest BCUT2D eigenvalue weighted by Gasteiger charge is 2.33. The standard InChI is InChI=1S/C17H11ClF3NO3/c18-14-7-6-11(8-13(14)17(19,20)21)22-16(25)12(9-15(23)24)10-4-2-1-3-5-10/h1-9H,(H,22,25)(H,23,24)/b12-9-. The van der Waals surface area contributed by atoms with E-state index in [0.29, 0.717) is 17.7 Å². The third-order valence-electron chi connectivity index (χ3n) is 3.13. The third kappa shape index (κ3) is 4.84. The first-order valence-electron chi connectivity index (χ1n) is 6.86. The molecule has 4 nitrogen and oxygen atoms in total. The number of aliphatic carboxylic acids is 1. The fourth-order valence-corrected chi connectivity index (χ4v) is 2.26. The molecule has 0 fully saturated rings. The summed E-state index contributed by atoms with van der Waals surface area (Å²) in [7, 11) is 0. The van der Waals surface area contributed by atoms with Gasteiger partial charge in [-0.25, -0.2) is 4.79 Å². The molecule has 0 bridgehead atoms. The van der Waals surface area contributed by atoms with Crippen LogP contribution in [0.3, 0.4) is 0 Å². The van der Waals surface area contributed by atoms with E-state index in [-0.39, 0.29) is 11.3 Å². The lowest BCUT2D eigenvalue weighted by Crippen LogP contribution is -2.16. The van der Waals surface area contributed by atoms with Crippen molar-refractivity contribution in [2.24, 2.45) is 0 Å². The van der Waals surface area contributed by atoms with E-state index in [4.69, 9.17) is 16.7 Å². The molecule has 2 aromatic carbocycles. The van der Waals surface area contributed by atoms with Gasteiger partial charge in [0.2, 0.25) is 0 Å². The van der Waals surface area contributed by atoms with Crippen molar-refractivity contribution in [1.82, 2.24) is 0 Å². The van der Waals surface area contributed by atoms with Crippen LogP contribution in [0.15, 0.2) is 54.6 Å². The first kappa shape index (κ1) is 18.5. The van der Waals surface area contributed by atoms with Crippen LogP contribution >= 0.6 is 11.6 Å².